The van der Waals surface area contributed by atoms with Crippen LogP contribution in [0, 0.1) is 18.3 Å². The van der Waals surface area contributed by atoms with Crippen molar-refractivity contribution >= 4 is 5.69 Å². The summed E-state index contributed by atoms with van der Waals surface area (Å²) in [5.41, 5.74) is 8.02. The summed E-state index contributed by atoms with van der Waals surface area (Å²) < 4.78 is 11.5. The van der Waals surface area contributed by atoms with Crippen LogP contribution in [0.15, 0.2) is 36.4 Å². The van der Waals surface area contributed by atoms with Gasteiger partial charge in [0.25, 0.3) is 0 Å². The molecule has 108 valence electrons. The van der Waals surface area contributed by atoms with Crippen molar-refractivity contribution in [1.82, 2.24) is 0 Å². The van der Waals surface area contributed by atoms with Crippen molar-refractivity contribution < 1.29 is 9.47 Å². The zero-order valence-electron chi connectivity index (χ0n) is 12.4. The largest absolute Gasteiger partial charge is 0.489 e. The summed E-state index contributed by atoms with van der Waals surface area (Å²) in [5, 5.41) is 8.97. The summed E-state index contributed by atoms with van der Waals surface area (Å²) in [5.74, 6) is 1.73. The molecule has 0 aliphatic rings. The molecule has 4 nitrogen and oxygen atoms in total. The first-order chi connectivity index (χ1) is 10.0. The van der Waals surface area contributed by atoms with E-state index < -0.39 is 0 Å². The fourth-order valence-electron chi connectivity index (χ4n) is 1.87. The first-order valence-corrected chi connectivity index (χ1v) is 6.75. The number of para-hydroxylation sites is 1. The van der Waals surface area contributed by atoms with Crippen molar-refractivity contribution in [2.45, 2.75) is 26.9 Å². The van der Waals surface area contributed by atoms with E-state index in [1.165, 1.54) is 0 Å². The maximum Gasteiger partial charge on any atom is 0.154 e. The lowest BCUT2D eigenvalue weighted by Gasteiger charge is -2.16. The smallest absolute Gasteiger partial charge is 0.154 e. The molecule has 0 saturated heterocycles. The summed E-state index contributed by atoms with van der Waals surface area (Å²) >= 11 is 0. The fourth-order valence-corrected chi connectivity index (χ4v) is 1.87. The van der Waals surface area contributed by atoms with Gasteiger partial charge in [0.15, 0.2) is 5.75 Å². The average Bonchev–Trinajstić information content (AvgIpc) is 2.45. The highest BCUT2D eigenvalue weighted by molar-refractivity contribution is 5.64. The molecule has 0 radical (unpaired) electrons. The first-order valence-electron chi connectivity index (χ1n) is 6.75. The van der Waals surface area contributed by atoms with Crippen LogP contribution in [0.3, 0.4) is 0 Å². The third-order valence-electron chi connectivity index (χ3n) is 2.93. The standard InChI is InChI=1S/C17H18N2O2/c1-11(2)20-14-5-4-6-15(17(14)19)21-16-9-13(10-18)8-7-12(16)3/h4-9,11H,19H2,1-3H3. The van der Waals surface area contributed by atoms with Crippen molar-refractivity contribution in [3.63, 3.8) is 0 Å². The van der Waals surface area contributed by atoms with Gasteiger partial charge in [-0.15, -0.1) is 0 Å². The molecule has 0 unspecified atom stereocenters. The van der Waals surface area contributed by atoms with Gasteiger partial charge in [-0.1, -0.05) is 12.1 Å². The van der Waals surface area contributed by atoms with Gasteiger partial charge in [-0.2, -0.15) is 5.26 Å². The SMILES string of the molecule is Cc1ccc(C#N)cc1Oc1cccc(OC(C)C)c1N. The topological polar surface area (TPSA) is 68.3 Å². The highest BCUT2D eigenvalue weighted by Crippen LogP contribution is 2.36. The van der Waals surface area contributed by atoms with Crippen molar-refractivity contribution in [3.8, 4) is 23.3 Å². The molecule has 2 rings (SSSR count). The maximum absolute atomic E-state index is 8.97. The number of rotatable bonds is 4. The number of ether oxygens (including phenoxy) is 2. The molecule has 0 fully saturated rings. The van der Waals surface area contributed by atoms with Crippen LogP contribution < -0.4 is 15.2 Å². The van der Waals surface area contributed by atoms with Gasteiger partial charge in [-0.25, -0.2) is 0 Å². The molecule has 0 atom stereocenters. The van der Waals surface area contributed by atoms with E-state index in [1.807, 2.05) is 32.9 Å². The second kappa shape index (κ2) is 6.19. The number of nitrogen functional groups attached to an aromatic ring is 1. The minimum Gasteiger partial charge on any atom is -0.489 e. The predicted molar refractivity (Wildman–Crippen MR) is 82.6 cm³/mol. The van der Waals surface area contributed by atoms with E-state index in [1.54, 1.807) is 24.3 Å². The summed E-state index contributed by atoms with van der Waals surface area (Å²) in [6, 6.07) is 12.8. The summed E-state index contributed by atoms with van der Waals surface area (Å²) in [7, 11) is 0. The quantitative estimate of drug-likeness (QED) is 0.860. The highest BCUT2D eigenvalue weighted by Gasteiger charge is 2.11. The van der Waals surface area contributed by atoms with Gasteiger partial charge in [0.05, 0.1) is 17.7 Å². The molecule has 21 heavy (non-hydrogen) atoms. The number of anilines is 1. The van der Waals surface area contributed by atoms with Crippen LogP contribution in [-0.4, -0.2) is 6.10 Å². The summed E-state index contributed by atoms with van der Waals surface area (Å²) in [4.78, 5) is 0. The van der Waals surface area contributed by atoms with E-state index in [0.717, 1.165) is 5.56 Å². The van der Waals surface area contributed by atoms with Crippen molar-refractivity contribution in [2.75, 3.05) is 5.73 Å². The zero-order valence-corrected chi connectivity index (χ0v) is 12.4. The minimum atomic E-state index is 0.0335. The molecule has 4 heteroatoms. The van der Waals surface area contributed by atoms with Crippen molar-refractivity contribution in [2.24, 2.45) is 0 Å². The van der Waals surface area contributed by atoms with E-state index in [-0.39, 0.29) is 6.10 Å². The number of aryl methyl sites for hydroxylation is 1. The Kier molecular flexibility index (Phi) is 4.34. The molecule has 2 aromatic rings. The summed E-state index contributed by atoms with van der Waals surface area (Å²) in [6.07, 6.45) is 0.0335. The molecule has 0 amide bonds. The Hall–Kier alpha value is -2.67. The summed E-state index contributed by atoms with van der Waals surface area (Å²) in [6.45, 7) is 5.79. The minimum absolute atomic E-state index is 0.0335. The van der Waals surface area contributed by atoms with Crippen LogP contribution in [0.1, 0.15) is 25.0 Å². The Morgan fingerprint density at radius 3 is 2.48 bits per heavy atom. The lowest BCUT2D eigenvalue weighted by molar-refractivity contribution is 0.243. The van der Waals surface area contributed by atoms with Crippen molar-refractivity contribution in [1.29, 1.82) is 5.26 Å². The second-order valence-electron chi connectivity index (χ2n) is 5.03. The van der Waals surface area contributed by atoms with Gasteiger partial charge < -0.3 is 15.2 Å². The van der Waals surface area contributed by atoms with E-state index in [2.05, 4.69) is 6.07 Å². The average molecular weight is 282 g/mol. The molecular weight excluding hydrogens is 264 g/mol. The molecule has 0 aliphatic heterocycles. The van der Waals surface area contributed by atoms with E-state index in [9.17, 15) is 0 Å². The van der Waals surface area contributed by atoms with Crippen LogP contribution >= 0.6 is 0 Å². The van der Waals surface area contributed by atoms with Crippen LogP contribution in [0.4, 0.5) is 5.69 Å². The molecule has 0 aromatic heterocycles. The number of nitriles is 1. The lowest BCUT2D eigenvalue weighted by atomic mass is 10.1. The molecule has 0 spiro atoms. The van der Waals surface area contributed by atoms with Gasteiger partial charge in [0, 0.05) is 0 Å². The Labute approximate surface area is 124 Å². The van der Waals surface area contributed by atoms with Crippen LogP contribution in [0.25, 0.3) is 0 Å². The van der Waals surface area contributed by atoms with Crippen molar-refractivity contribution in [3.05, 3.63) is 47.5 Å². The second-order valence-corrected chi connectivity index (χ2v) is 5.03. The third-order valence-corrected chi connectivity index (χ3v) is 2.93. The van der Waals surface area contributed by atoms with E-state index in [0.29, 0.717) is 28.5 Å². The molecule has 2 N–H and O–H groups in total. The lowest BCUT2D eigenvalue weighted by Crippen LogP contribution is -2.07. The Morgan fingerprint density at radius 1 is 1.10 bits per heavy atom. The number of nitrogens with zero attached hydrogens (tertiary/aromatic N) is 1. The molecule has 0 saturated carbocycles. The zero-order chi connectivity index (χ0) is 15.4. The van der Waals surface area contributed by atoms with E-state index >= 15 is 0 Å². The first kappa shape index (κ1) is 14.7. The maximum atomic E-state index is 8.97. The van der Waals surface area contributed by atoms with Gasteiger partial charge in [-0.05, 0) is 50.6 Å². The molecule has 0 bridgehead atoms. The number of benzene rings is 2. The Bertz CT molecular complexity index is 688. The van der Waals surface area contributed by atoms with Gasteiger partial charge >= 0.3 is 0 Å². The van der Waals surface area contributed by atoms with E-state index in [4.69, 9.17) is 20.5 Å². The van der Waals surface area contributed by atoms with Crippen LogP contribution in [0.2, 0.25) is 0 Å². The number of hydrogen-bond acceptors (Lipinski definition) is 4. The Morgan fingerprint density at radius 2 is 1.81 bits per heavy atom. The Balaban J connectivity index is 2.34. The molecule has 0 aliphatic carbocycles. The monoisotopic (exact) mass is 282 g/mol. The third kappa shape index (κ3) is 3.46. The molecular formula is C17H18N2O2. The van der Waals surface area contributed by atoms with Crippen LogP contribution in [0.5, 0.6) is 17.2 Å². The molecule has 2 aromatic carbocycles. The predicted octanol–water partition coefficient (Wildman–Crippen LogP) is 4.03. The number of hydrogen-bond donors (Lipinski definition) is 1. The highest BCUT2D eigenvalue weighted by atomic mass is 16.5. The number of nitrogens with two attached hydrogens (primary N) is 1. The fraction of sp³-hybridized carbons (Fsp3) is 0.235. The molecule has 0 heterocycles. The van der Waals surface area contributed by atoms with Crippen LogP contribution in [-0.2, 0) is 0 Å². The van der Waals surface area contributed by atoms with Gasteiger partial charge in [0.2, 0.25) is 0 Å². The normalized spacial score (nSPS) is 10.2. The van der Waals surface area contributed by atoms with Gasteiger partial charge in [-0.3, -0.25) is 0 Å². The van der Waals surface area contributed by atoms with Gasteiger partial charge in [0.1, 0.15) is 17.2 Å².